The van der Waals surface area contributed by atoms with Crippen molar-refractivity contribution in [1.29, 1.82) is 0 Å². The normalized spacial score (nSPS) is 12.5. The van der Waals surface area contributed by atoms with Gasteiger partial charge in [0.2, 0.25) is 0 Å². The van der Waals surface area contributed by atoms with E-state index in [1.807, 2.05) is 12.1 Å². The smallest absolute Gasteiger partial charge is 0.127 e. The Hall–Kier alpha value is -1.84. The topological polar surface area (TPSA) is 29.1 Å². The van der Waals surface area contributed by atoms with Crippen LogP contribution in [0, 0.1) is 0 Å². The maximum atomic E-state index is 9.39. The summed E-state index contributed by atoms with van der Waals surface area (Å²) in [7, 11) is 4.39. The SMILES string of the molecule is C[NH+](C)CC[NH+](Cc1ccccc1)Cc1ccc(O)cc1. The summed E-state index contributed by atoms with van der Waals surface area (Å²) in [5.41, 5.74) is 2.65. The first-order valence-electron chi connectivity index (χ1n) is 7.58. The van der Waals surface area contributed by atoms with Crippen LogP contribution in [0.25, 0.3) is 0 Å². The van der Waals surface area contributed by atoms with Gasteiger partial charge in [0.15, 0.2) is 0 Å². The second kappa shape index (κ2) is 7.81. The molecule has 0 fully saturated rings. The van der Waals surface area contributed by atoms with E-state index in [2.05, 4.69) is 44.4 Å². The number of hydrogen-bond acceptors (Lipinski definition) is 1. The molecule has 0 saturated carbocycles. The summed E-state index contributed by atoms with van der Waals surface area (Å²) in [6.07, 6.45) is 0. The Morgan fingerprint density at radius 1 is 0.762 bits per heavy atom. The van der Waals surface area contributed by atoms with Crippen LogP contribution < -0.4 is 9.80 Å². The lowest BCUT2D eigenvalue weighted by molar-refractivity contribution is -0.960. The molecule has 2 rings (SSSR count). The van der Waals surface area contributed by atoms with Crippen LogP contribution in [-0.2, 0) is 13.1 Å². The standard InChI is InChI=1S/C18H24N2O/c1-19(2)12-13-20(14-16-6-4-3-5-7-16)15-17-8-10-18(21)11-9-17/h3-11,21H,12-15H2,1-2H3/p+2. The van der Waals surface area contributed by atoms with Crippen molar-refractivity contribution in [2.24, 2.45) is 0 Å². The Morgan fingerprint density at radius 3 is 1.90 bits per heavy atom. The van der Waals surface area contributed by atoms with Crippen molar-refractivity contribution in [1.82, 2.24) is 0 Å². The minimum atomic E-state index is 0.334. The van der Waals surface area contributed by atoms with Crippen LogP contribution in [0.15, 0.2) is 54.6 Å². The molecule has 0 spiro atoms. The molecule has 0 aliphatic rings. The third-order valence-electron chi connectivity index (χ3n) is 3.67. The maximum absolute atomic E-state index is 9.39. The fourth-order valence-corrected chi connectivity index (χ4v) is 2.45. The van der Waals surface area contributed by atoms with Gasteiger partial charge in [0, 0.05) is 11.1 Å². The summed E-state index contributed by atoms with van der Waals surface area (Å²) < 4.78 is 0. The summed E-state index contributed by atoms with van der Waals surface area (Å²) in [5, 5.41) is 9.39. The molecule has 0 saturated heterocycles. The molecule has 0 amide bonds. The van der Waals surface area contributed by atoms with Gasteiger partial charge in [-0.05, 0) is 24.3 Å². The molecular weight excluding hydrogens is 260 g/mol. The number of aromatic hydroxyl groups is 1. The molecule has 3 N–H and O–H groups in total. The van der Waals surface area contributed by atoms with Gasteiger partial charge < -0.3 is 14.9 Å². The molecule has 1 atom stereocenters. The predicted octanol–water partition coefficient (Wildman–Crippen LogP) is 0.122. The fraction of sp³-hybridized carbons (Fsp3) is 0.333. The molecule has 3 nitrogen and oxygen atoms in total. The van der Waals surface area contributed by atoms with Crippen molar-refractivity contribution in [3.8, 4) is 5.75 Å². The van der Waals surface area contributed by atoms with Crippen molar-refractivity contribution in [2.45, 2.75) is 13.1 Å². The van der Waals surface area contributed by atoms with Crippen LogP contribution in [0.4, 0.5) is 0 Å². The predicted molar refractivity (Wildman–Crippen MR) is 85.5 cm³/mol. The number of nitrogens with one attached hydrogen (secondary N) is 2. The third-order valence-corrected chi connectivity index (χ3v) is 3.67. The number of hydrogen-bond donors (Lipinski definition) is 3. The molecule has 2 aromatic rings. The van der Waals surface area contributed by atoms with E-state index < -0.39 is 0 Å². The van der Waals surface area contributed by atoms with Crippen LogP contribution in [0.3, 0.4) is 0 Å². The molecule has 0 bridgehead atoms. The molecule has 0 aliphatic heterocycles. The van der Waals surface area contributed by atoms with Crippen LogP contribution in [-0.4, -0.2) is 32.3 Å². The number of likely N-dealkylation sites (N-methyl/N-ethyl adjacent to an activating group) is 1. The summed E-state index contributed by atoms with van der Waals surface area (Å²) in [4.78, 5) is 3.03. The quantitative estimate of drug-likeness (QED) is 0.663. The molecule has 0 aliphatic carbocycles. The van der Waals surface area contributed by atoms with Gasteiger partial charge in [-0.3, -0.25) is 0 Å². The molecule has 112 valence electrons. The fourth-order valence-electron chi connectivity index (χ4n) is 2.45. The molecular formula is C18H26N2O+2. The van der Waals surface area contributed by atoms with Crippen molar-refractivity contribution >= 4 is 0 Å². The van der Waals surface area contributed by atoms with Gasteiger partial charge in [0.25, 0.3) is 0 Å². The van der Waals surface area contributed by atoms with E-state index in [1.54, 1.807) is 17.0 Å². The van der Waals surface area contributed by atoms with E-state index in [0.717, 1.165) is 26.2 Å². The monoisotopic (exact) mass is 286 g/mol. The zero-order valence-corrected chi connectivity index (χ0v) is 13.0. The lowest BCUT2D eigenvalue weighted by atomic mass is 10.1. The Bertz CT molecular complexity index is 523. The highest BCUT2D eigenvalue weighted by Crippen LogP contribution is 2.08. The number of phenolic OH excluding ortho intramolecular Hbond substituents is 1. The lowest BCUT2D eigenvalue weighted by Crippen LogP contribution is -3.16. The van der Waals surface area contributed by atoms with Crippen LogP contribution in [0.5, 0.6) is 5.75 Å². The maximum Gasteiger partial charge on any atom is 0.127 e. The largest absolute Gasteiger partial charge is 0.508 e. The van der Waals surface area contributed by atoms with Crippen LogP contribution >= 0.6 is 0 Å². The first-order valence-corrected chi connectivity index (χ1v) is 7.58. The summed E-state index contributed by atoms with van der Waals surface area (Å²) in [5.74, 6) is 0.334. The summed E-state index contributed by atoms with van der Waals surface area (Å²) in [6.45, 7) is 4.32. The van der Waals surface area contributed by atoms with Gasteiger partial charge in [-0.15, -0.1) is 0 Å². The first kappa shape index (κ1) is 15.5. The Labute approximate surface area is 127 Å². The molecule has 3 heteroatoms. The van der Waals surface area contributed by atoms with Crippen LogP contribution in [0.1, 0.15) is 11.1 Å². The average molecular weight is 286 g/mol. The third kappa shape index (κ3) is 5.58. The van der Waals surface area contributed by atoms with E-state index in [4.69, 9.17) is 0 Å². The minimum Gasteiger partial charge on any atom is -0.508 e. The first-order chi connectivity index (χ1) is 10.1. The van der Waals surface area contributed by atoms with Gasteiger partial charge in [-0.25, -0.2) is 0 Å². The summed E-state index contributed by atoms with van der Waals surface area (Å²) in [6, 6.07) is 18.2. The number of quaternary nitrogens is 2. The van der Waals surface area contributed by atoms with Crippen LogP contribution in [0.2, 0.25) is 0 Å². The number of rotatable bonds is 7. The Morgan fingerprint density at radius 2 is 1.33 bits per heavy atom. The molecule has 0 aromatic heterocycles. The second-order valence-electron chi connectivity index (χ2n) is 5.96. The van der Waals surface area contributed by atoms with Crippen molar-refractivity contribution in [3.63, 3.8) is 0 Å². The highest BCUT2D eigenvalue weighted by atomic mass is 16.3. The van der Waals surface area contributed by atoms with Gasteiger partial charge in [-0.2, -0.15) is 0 Å². The van der Waals surface area contributed by atoms with Crippen molar-refractivity contribution in [2.75, 3.05) is 27.2 Å². The van der Waals surface area contributed by atoms with E-state index in [0.29, 0.717) is 5.75 Å². The molecule has 0 radical (unpaired) electrons. The van der Waals surface area contributed by atoms with Gasteiger partial charge in [-0.1, -0.05) is 30.3 Å². The number of phenols is 1. The number of benzene rings is 2. The van der Waals surface area contributed by atoms with E-state index in [-0.39, 0.29) is 0 Å². The Balaban J connectivity index is 2.02. The zero-order chi connectivity index (χ0) is 15.1. The van der Waals surface area contributed by atoms with Gasteiger partial charge >= 0.3 is 0 Å². The van der Waals surface area contributed by atoms with Gasteiger partial charge in [0.05, 0.1) is 14.1 Å². The minimum absolute atomic E-state index is 0.334. The zero-order valence-electron chi connectivity index (χ0n) is 13.0. The Kier molecular flexibility index (Phi) is 5.78. The highest BCUT2D eigenvalue weighted by molar-refractivity contribution is 5.25. The summed E-state index contributed by atoms with van der Waals surface area (Å²) >= 11 is 0. The molecule has 21 heavy (non-hydrogen) atoms. The second-order valence-corrected chi connectivity index (χ2v) is 5.96. The van der Waals surface area contributed by atoms with Crippen molar-refractivity contribution < 1.29 is 14.9 Å². The van der Waals surface area contributed by atoms with Crippen molar-refractivity contribution in [3.05, 3.63) is 65.7 Å². The van der Waals surface area contributed by atoms with Gasteiger partial charge in [0.1, 0.15) is 31.9 Å². The highest BCUT2D eigenvalue weighted by Gasteiger charge is 2.12. The molecule has 2 aromatic carbocycles. The van der Waals surface area contributed by atoms with E-state index in [1.165, 1.54) is 16.0 Å². The van der Waals surface area contributed by atoms with E-state index in [9.17, 15) is 5.11 Å². The van der Waals surface area contributed by atoms with E-state index >= 15 is 0 Å². The lowest BCUT2D eigenvalue weighted by Gasteiger charge is -2.20. The molecule has 1 unspecified atom stereocenters. The molecule has 0 heterocycles. The average Bonchev–Trinajstić information content (AvgIpc) is 2.48.